The molecule has 0 radical (unpaired) electrons. The number of hydrogen-bond donors (Lipinski definition) is 1. The Hall–Kier alpha value is -3.54. The van der Waals surface area contributed by atoms with E-state index in [0.717, 1.165) is 45.7 Å². The lowest BCUT2D eigenvalue weighted by molar-refractivity contribution is -0.124. The van der Waals surface area contributed by atoms with Crippen LogP contribution >= 0.6 is 12.2 Å². The minimum atomic E-state index is -0.734. The van der Waals surface area contributed by atoms with Gasteiger partial charge >= 0.3 is 5.97 Å². The van der Waals surface area contributed by atoms with Gasteiger partial charge in [-0.05, 0) is 87.2 Å². The van der Waals surface area contributed by atoms with Crippen LogP contribution in [0.15, 0.2) is 48.5 Å². The van der Waals surface area contributed by atoms with Crippen LogP contribution < -0.4 is 15.0 Å². The first-order chi connectivity index (χ1) is 19.8. The molecule has 41 heavy (non-hydrogen) atoms. The van der Waals surface area contributed by atoms with Gasteiger partial charge in [-0.3, -0.25) is 14.5 Å². The Morgan fingerprint density at radius 3 is 2.22 bits per heavy atom. The van der Waals surface area contributed by atoms with Crippen LogP contribution in [-0.2, 0) is 14.3 Å². The highest BCUT2D eigenvalue weighted by atomic mass is 32.1. The molecule has 2 amide bonds. The van der Waals surface area contributed by atoms with Crippen molar-refractivity contribution in [2.24, 2.45) is 0 Å². The molecule has 2 aliphatic heterocycles. The van der Waals surface area contributed by atoms with Crippen molar-refractivity contribution in [2.75, 3.05) is 69.7 Å². The molecule has 1 unspecified atom stereocenters. The fourth-order valence-corrected chi connectivity index (χ4v) is 5.56. The average molecular weight is 582 g/mol. The summed E-state index contributed by atoms with van der Waals surface area (Å²) in [6.45, 7) is 10.9. The Bertz CT molecular complexity index is 1210. The number of piperazine rings is 1. The van der Waals surface area contributed by atoms with Crippen LogP contribution in [-0.4, -0.2) is 103 Å². The van der Waals surface area contributed by atoms with Crippen molar-refractivity contribution in [3.05, 3.63) is 54.1 Å². The Morgan fingerprint density at radius 1 is 0.951 bits per heavy atom. The van der Waals surface area contributed by atoms with Crippen LogP contribution in [0.1, 0.15) is 37.0 Å². The van der Waals surface area contributed by atoms with E-state index in [2.05, 4.69) is 22.0 Å². The molecule has 0 saturated carbocycles. The van der Waals surface area contributed by atoms with Crippen molar-refractivity contribution in [1.82, 2.24) is 14.7 Å². The topological polar surface area (TPSA) is 94.7 Å². The number of carbonyl (C=O) groups excluding carboxylic acids is 3. The summed E-state index contributed by atoms with van der Waals surface area (Å²) in [6.07, 6.45) is 0.767. The van der Waals surface area contributed by atoms with Gasteiger partial charge in [0, 0.05) is 38.4 Å². The first-order valence-corrected chi connectivity index (χ1v) is 14.6. The van der Waals surface area contributed by atoms with Gasteiger partial charge in [0.1, 0.15) is 11.8 Å². The normalized spacial score (nSPS) is 18.1. The van der Waals surface area contributed by atoms with Gasteiger partial charge in [0.15, 0.2) is 5.11 Å². The molecule has 2 aromatic rings. The molecule has 220 valence electrons. The van der Waals surface area contributed by atoms with E-state index < -0.39 is 12.0 Å². The lowest BCUT2D eigenvalue weighted by Crippen LogP contribution is -2.47. The molecule has 2 heterocycles. The van der Waals surface area contributed by atoms with Crippen LogP contribution in [0.2, 0.25) is 0 Å². The summed E-state index contributed by atoms with van der Waals surface area (Å²) in [7, 11) is 1.58. The van der Waals surface area contributed by atoms with Gasteiger partial charge in [0.2, 0.25) is 5.91 Å². The number of nitrogens with zero attached hydrogens (tertiary/aromatic N) is 4. The summed E-state index contributed by atoms with van der Waals surface area (Å²) >= 11 is 5.81. The molecule has 2 saturated heterocycles. The summed E-state index contributed by atoms with van der Waals surface area (Å²) < 4.78 is 10.3. The van der Waals surface area contributed by atoms with E-state index in [4.69, 9.17) is 21.7 Å². The van der Waals surface area contributed by atoms with Crippen LogP contribution in [0.4, 0.5) is 11.4 Å². The van der Waals surface area contributed by atoms with Gasteiger partial charge in [0.25, 0.3) is 5.91 Å². The van der Waals surface area contributed by atoms with Gasteiger partial charge in [-0.1, -0.05) is 6.92 Å². The number of thiocarbonyl (C=S) groups is 1. The van der Waals surface area contributed by atoms with E-state index in [1.807, 2.05) is 4.90 Å². The molecule has 1 N–H and O–H groups in total. The summed E-state index contributed by atoms with van der Waals surface area (Å²) in [5, 5.41) is 3.24. The molecule has 0 aliphatic carbocycles. The molecule has 4 rings (SSSR count). The molecule has 2 aromatic carbocycles. The number of anilines is 2. The lowest BCUT2D eigenvalue weighted by Gasteiger charge is -2.34. The molecular formula is C30H39N5O5S. The molecule has 0 bridgehead atoms. The number of nitrogens with one attached hydrogen (secondary N) is 1. The number of hydrogen-bond acceptors (Lipinski definition) is 8. The van der Waals surface area contributed by atoms with E-state index >= 15 is 0 Å². The smallest absolute Gasteiger partial charge is 0.338 e. The maximum Gasteiger partial charge on any atom is 0.338 e. The van der Waals surface area contributed by atoms with Crippen molar-refractivity contribution in [3.8, 4) is 5.75 Å². The zero-order valence-electron chi connectivity index (χ0n) is 24.0. The van der Waals surface area contributed by atoms with Crippen molar-refractivity contribution in [1.29, 1.82) is 0 Å². The van der Waals surface area contributed by atoms with E-state index in [9.17, 15) is 14.4 Å². The SMILES string of the molecule is CCOC(=O)c1ccc(N2C(=O)C(CC(=O)Nc3ccc(OC)cc3)N(CCCN3CCN(CC)CC3)C2=S)cc1. The van der Waals surface area contributed by atoms with Crippen LogP contribution in [0.5, 0.6) is 5.75 Å². The van der Waals surface area contributed by atoms with Crippen molar-refractivity contribution >= 4 is 46.5 Å². The average Bonchev–Trinajstić information content (AvgIpc) is 3.21. The minimum absolute atomic E-state index is 0.0441. The fourth-order valence-electron chi connectivity index (χ4n) is 5.14. The molecule has 2 aliphatic rings. The standard InChI is InChI=1S/C30H39N5O5S/c1-4-32-17-19-33(20-18-32)15-6-16-34-26(21-27(36)31-23-9-13-25(39-3)14-10-23)28(37)35(30(34)41)24-11-7-22(8-12-24)29(38)40-5-2/h7-14,26H,4-6,15-21H2,1-3H3,(H,31,36). The Kier molecular flexibility index (Phi) is 10.7. The largest absolute Gasteiger partial charge is 0.497 e. The van der Waals surface area contributed by atoms with Gasteiger partial charge in [-0.25, -0.2) is 4.79 Å². The molecule has 2 fully saturated rings. The summed E-state index contributed by atoms with van der Waals surface area (Å²) in [6, 6.07) is 12.9. The number of methoxy groups -OCH3 is 1. The Labute approximate surface area is 247 Å². The number of esters is 1. The van der Waals surface area contributed by atoms with Crippen molar-refractivity contribution in [2.45, 2.75) is 32.7 Å². The van der Waals surface area contributed by atoms with E-state index in [-0.39, 0.29) is 24.8 Å². The molecule has 11 heteroatoms. The third-order valence-electron chi connectivity index (χ3n) is 7.49. The summed E-state index contributed by atoms with van der Waals surface area (Å²) in [5.74, 6) is -0.285. The van der Waals surface area contributed by atoms with Gasteiger partial charge in [-0.2, -0.15) is 0 Å². The maximum atomic E-state index is 13.7. The number of benzene rings is 2. The van der Waals surface area contributed by atoms with Gasteiger partial charge in [0.05, 0.1) is 31.4 Å². The quantitative estimate of drug-likeness (QED) is 0.300. The van der Waals surface area contributed by atoms with E-state index in [1.165, 1.54) is 4.90 Å². The highest BCUT2D eigenvalue weighted by molar-refractivity contribution is 7.80. The lowest BCUT2D eigenvalue weighted by atomic mass is 10.1. The summed E-state index contributed by atoms with van der Waals surface area (Å²) in [5.41, 5.74) is 1.56. The number of rotatable bonds is 12. The molecule has 1 atom stereocenters. The predicted molar refractivity (Wildman–Crippen MR) is 162 cm³/mol. The monoisotopic (exact) mass is 581 g/mol. The second-order valence-corrected chi connectivity index (χ2v) is 10.4. The van der Waals surface area contributed by atoms with Gasteiger partial charge < -0.3 is 29.5 Å². The van der Waals surface area contributed by atoms with Crippen LogP contribution in [0.3, 0.4) is 0 Å². The zero-order valence-corrected chi connectivity index (χ0v) is 24.8. The van der Waals surface area contributed by atoms with Gasteiger partial charge in [-0.15, -0.1) is 0 Å². The Balaban J connectivity index is 1.47. The first-order valence-electron chi connectivity index (χ1n) is 14.1. The van der Waals surface area contributed by atoms with Crippen LogP contribution in [0, 0.1) is 0 Å². The number of ether oxygens (including phenoxy) is 2. The molecule has 0 spiro atoms. The number of likely N-dealkylation sites (N-methyl/N-ethyl adjacent to an activating group) is 1. The Morgan fingerprint density at radius 2 is 1.61 bits per heavy atom. The second-order valence-electron chi connectivity index (χ2n) is 10.0. The summed E-state index contributed by atoms with van der Waals surface area (Å²) in [4.78, 5) is 47.1. The van der Waals surface area contributed by atoms with E-state index in [0.29, 0.717) is 34.3 Å². The molecule has 10 nitrogen and oxygen atoms in total. The fraction of sp³-hybridized carbons (Fsp3) is 0.467. The second kappa shape index (κ2) is 14.4. The predicted octanol–water partition coefficient (Wildman–Crippen LogP) is 3.23. The maximum absolute atomic E-state index is 13.7. The van der Waals surface area contributed by atoms with Crippen molar-refractivity contribution in [3.63, 3.8) is 0 Å². The van der Waals surface area contributed by atoms with Crippen LogP contribution in [0.25, 0.3) is 0 Å². The highest BCUT2D eigenvalue weighted by Gasteiger charge is 2.44. The molecule has 0 aromatic heterocycles. The highest BCUT2D eigenvalue weighted by Crippen LogP contribution is 2.28. The number of carbonyl (C=O) groups is 3. The van der Waals surface area contributed by atoms with Crippen molar-refractivity contribution < 1.29 is 23.9 Å². The minimum Gasteiger partial charge on any atom is -0.497 e. The number of amides is 2. The zero-order chi connectivity index (χ0) is 29.4. The van der Waals surface area contributed by atoms with E-state index in [1.54, 1.807) is 62.6 Å². The third kappa shape index (κ3) is 7.60. The third-order valence-corrected chi connectivity index (χ3v) is 7.91. The molecular weight excluding hydrogens is 542 g/mol. The first kappa shape index (κ1) is 30.4.